The fourth-order valence-electron chi connectivity index (χ4n) is 7.39. The molecule has 2 bridgehead atoms. The Morgan fingerprint density at radius 2 is 1.84 bits per heavy atom. The fourth-order valence-corrected chi connectivity index (χ4v) is 7.39. The number of nitrogens with one attached hydrogen (secondary N) is 1. The first-order chi connectivity index (χ1) is 15.4. The Kier molecular flexibility index (Phi) is 5.86. The summed E-state index contributed by atoms with van der Waals surface area (Å²) in [5.74, 6) is 2.58. The lowest BCUT2D eigenvalue weighted by atomic mass is 9.73. The predicted octanol–water partition coefficient (Wildman–Crippen LogP) is 5.75. The molecule has 1 saturated heterocycles. The molecule has 2 amide bonds. The number of fused-ring (bicyclic) bond motifs is 4. The van der Waals surface area contributed by atoms with Crippen LogP contribution in [0.5, 0.6) is 0 Å². The Morgan fingerprint density at radius 3 is 2.47 bits per heavy atom. The third-order valence-corrected chi connectivity index (χ3v) is 8.87. The van der Waals surface area contributed by atoms with Gasteiger partial charge in [0.15, 0.2) is 0 Å². The Labute approximate surface area is 195 Å². The predicted molar refractivity (Wildman–Crippen MR) is 133 cm³/mol. The van der Waals surface area contributed by atoms with Crippen molar-refractivity contribution in [3.05, 3.63) is 47.5 Å². The summed E-state index contributed by atoms with van der Waals surface area (Å²) in [6, 6.07) is 9.51. The van der Waals surface area contributed by atoms with Crippen molar-refractivity contribution in [2.45, 2.75) is 83.3 Å². The van der Waals surface area contributed by atoms with Gasteiger partial charge >= 0.3 is 6.03 Å². The standard InChI is InChI=1S/C28H41N3O.H2/c1-19(2)31(20(3)4)27(32)29-26-17-28(25-8-6-5-7-24(25)26)11-13-30(14-12-28)18-23-16-21-9-10-22(23)15-21;/h5-10,19-23,26H,11-18H2,1-4H3,(H,29,32);1H/t21?,22?,23?,26-;/m0./s1. The van der Waals surface area contributed by atoms with Crippen molar-refractivity contribution in [1.82, 2.24) is 15.1 Å². The SMILES string of the molecule is CC(C)N(C(=O)N[C@H]1CC2(CCN(CC3CC4C=CC3C4)CC2)c2ccccc21)C(C)C.[HH]. The molecule has 32 heavy (non-hydrogen) atoms. The number of benzene rings is 1. The summed E-state index contributed by atoms with van der Waals surface area (Å²) in [5, 5.41) is 3.42. The summed E-state index contributed by atoms with van der Waals surface area (Å²) >= 11 is 0. The van der Waals surface area contributed by atoms with Gasteiger partial charge in [-0.3, -0.25) is 0 Å². The average Bonchev–Trinajstić information content (AvgIpc) is 3.44. The lowest BCUT2D eigenvalue weighted by Gasteiger charge is -2.41. The van der Waals surface area contributed by atoms with Gasteiger partial charge in [0.05, 0.1) is 6.04 Å². The first-order valence-corrected chi connectivity index (χ1v) is 13.0. The van der Waals surface area contributed by atoms with Crippen LogP contribution in [0.15, 0.2) is 36.4 Å². The van der Waals surface area contributed by atoms with Crippen molar-refractivity contribution in [3.63, 3.8) is 0 Å². The van der Waals surface area contributed by atoms with Crippen LogP contribution in [0.4, 0.5) is 4.79 Å². The fraction of sp³-hybridized carbons (Fsp3) is 0.679. The molecule has 176 valence electrons. The Morgan fingerprint density at radius 1 is 1.12 bits per heavy atom. The van der Waals surface area contributed by atoms with E-state index in [1.165, 1.54) is 56.4 Å². The zero-order valence-corrected chi connectivity index (χ0v) is 20.4. The summed E-state index contributed by atoms with van der Waals surface area (Å²) in [6.45, 7) is 12.1. The molecule has 3 unspecified atom stereocenters. The normalized spacial score (nSPS) is 30.4. The second-order valence-electron chi connectivity index (χ2n) is 11.5. The molecule has 5 rings (SSSR count). The maximum atomic E-state index is 13.2. The van der Waals surface area contributed by atoms with Crippen LogP contribution >= 0.6 is 0 Å². The molecule has 4 heteroatoms. The highest BCUT2D eigenvalue weighted by Crippen LogP contribution is 2.51. The monoisotopic (exact) mass is 437 g/mol. The molecule has 4 nitrogen and oxygen atoms in total. The summed E-state index contributed by atoms with van der Waals surface area (Å²) in [5.41, 5.74) is 3.06. The van der Waals surface area contributed by atoms with Crippen molar-refractivity contribution < 1.29 is 6.22 Å². The van der Waals surface area contributed by atoms with E-state index in [0.29, 0.717) is 0 Å². The molecule has 1 N–H and O–H groups in total. The Bertz CT molecular complexity index is 866. The van der Waals surface area contributed by atoms with Crippen molar-refractivity contribution in [2.24, 2.45) is 17.8 Å². The molecule has 1 aliphatic heterocycles. The number of likely N-dealkylation sites (tertiary alicyclic amines) is 1. The highest BCUT2D eigenvalue weighted by atomic mass is 16.2. The molecule has 1 aromatic rings. The van der Waals surface area contributed by atoms with Crippen LogP contribution in [-0.2, 0) is 5.41 Å². The molecule has 0 aromatic heterocycles. The summed E-state index contributed by atoms with van der Waals surface area (Å²) in [7, 11) is 0. The molecule has 1 spiro atoms. The molecule has 1 aromatic carbocycles. The van der Waals surface area contributed by atoms with Crippen LogP contribution in [-0.4, -0.2) is 47.5 Å². The first-order valence-electron chi connectivity index (χ1n) is 13.0. The van der Waals surface area contributed by atoms with Gasteiger partial charge in [-0.25, -0.2) is 4.79 Å². The van der Waals surface area contributed by atoms with Gasteiger partial charge in [-0.05, 0) is 102 Å². The van der Waals surface area contributed by atoms with Crippen molar-refractivity contribution >= 4 is 6.03 Å². The van der Waals surface area contributed by atoms with E-state index in [1.807, 2.05) is 4.90 Å². The van der Waals surface area contributed by atoms with Crippen molar-refractivity contribution in [1.29, 1.82) is 0 Å². The van der Waals surface area contributed by atoms with Crippen molar-refractivity contribution in [3.8, 4) is 0 Å². The second kappa shape index (κ2) is 8.52. The summed E-state index contributed by atoms with van der Waals surface area (Å²) in [6.07, 6.45) is 11.2. The molecular weight excluding hydrogens is 394 g/mol. The zero-order chi connectivity index (χ0) is 22.5. The third kappa shape index (κ3) is 3.89. The van der Waals surface area contributed by atoms with Gasteiger partial charge in [0.1, 0.15) is 0 Å². The van der Waals surface area contributed by atoms with Gasteiger partial charge in [-0.2, -0.15) is 0 Å². The number of hydrogen-bond acceptors (Lipinski definition) is 2. The van der Waals surface area contributed by atoms with E-state index in [2.05, 4.69) is 74.3 Å². The number of amides is 2. The van der Waals surface area contributed by atoms with Gasteiger partial charge in [-0.1, -0.05) is 36.4 Å². The molecule has 4 atom stereocenters. The highest BCUT2D eigenvalue weighted by Gasteiger charge is 2.46. The first kappa shape index (κ1) is 22.0. The van der Waals surface area contributed by atoms with Gasteiger partial charge in [-0.15, -0.1) is 0 Å². The van der Waals surface area contributed by atoms with E-state index >= 15 is 0 Å². The number of rotatable bonds is 5. The van der Waals surface area contributed by atoms with Gasteiger partial charge in [0.25, 0.3) is 0 Å². The molecule has 3 aliphatic carbocycles. The van der Waals surface area contributed by atoms with E-state index < -0.39 is 0 Å². The maximum absolute atomic E-state index is 13.2. The quantitative estimate of drug-likeness (QED) is 0.595. The topological polar surface area (TPSA) is 35.6 Å². The van der Waals surface area contributed by atoms with Crippen LogP contribution in [0.1, 0.15) is 78.4 Å². The molecular formula is C28H43N3O. The highest BCUT2D eigenvalue weighted by molar-refractivity contribution is 5.75. The Balaban J connectivity index is 0.00000259. The minimum atomic E-state index is 0. The second-order valence-corrected chi connectivity index (χ2v) is 11.5. The minimum Gasteiger partial charge on any atom is -0.331 e. The summed E-state index contributed by atoms with van der Waals surface area (Å²) in [4.78, 5) is 17.9. The molecule has 1 saturated carbocycles. The lowest BCUT2D eigenvalue weighted by Crippen LogP contribution is -2.49. The number of allylic oxidation sites excluding steroid dienone is 2. The zero-order valence-electron chi connectivity index (χ0n) is 20.4. The van der Waals surface area contributed by atoms with Crippen LogP contribution in [0.3, 0.4) is 0 Å². The lowest BCUT2D eigenvalue weighted by molar-refractivity contribution is 0.126. The van der Waals surface area contributed by atoms with Crippen molar-refractivity contribution in [2.75, 3.05) is 19.6 Å². The number of carbonyl (C=O) groups excluding carboxylic acids is 1. The van der Waals surface area contributed by atoms with Crippen LogP contribution < -0.4 is 5.32 Å². The molecule has 2 fully saturated rings. The largest absolute Gasteiger partial charge is 0.331 e. The number of urea groups is 1. The van der Waals surface area contributed by atoms with Gasteiger partial charge < -0.3 is 15.1 Å². The average molecular weight is 438 g/mol. The van der Waals surface area contributed by atoms with Crippen LogP contribution in [0.2, 0.25) is 0 Å². The smallest absolute Gasteiger partial charge is 0.318 e. The van der Waals surface area contributed by atoms with Crippen LogP contribution in [0.25, 0.3) is 0 Å². The Hall–Kier alpha value is -1.81. The number of hydrogen-bond donors (Lipinski definition) is 1. The van der Waals surface area contributed by atoms with E-state index in [9.17, 15) is 4.79 Å². The van der Waals surface area contributed by atoms with Gasteiger partial charge in [0, 0.05) is 25.5 Å². The molecule has 1 heterocycles. The third-order valence-electron chi connectivity index (χ3n) is 8.87. The number of piperidine rings is 1. The molecule has 0 radical (unpaired) electrons. The summed E-state index contributed by atoms with van der Waals surface area (Å²) < 4.78 is 0. The number of carbonyl (C=O) groups is 1. The maximum Gasteiger partial charge on any atom is 0.318 e. The van der Waals surface area contributed by atoms with E-state index in [0.717, 1.165) is 24.2 Å². The number of nitrogens with zero attached hydrogens (tertiary/aromatic N) is 2. The van der Waals surface area contributed by atoms with E-state index in [4.69, 9.17) is 0 Å². The van der Waals surface area contributed by atoms with E-state index in [1.54, 1.807) is 0 Å². The van der Waals surface area contributed by atoms with Gasteiger partial charge in [0.2, 0.25) is 0 Å². The molecule has 4 aliphatic rings. The minimum absolute atomic E-state index is 0. The van der Waals surface area contributed by atoms with Crippen LogP contribution in [0, 0.1) is 17.8 Å². The van der Waals surface area contributed by atoms with E-state index in [-0.39, 0.29) is 31.0 Å².